The summed E-state index contributed by atoms with van der Waals surface area (Å²) >= 11 is 0. The average Bonchev–Trinajstić information content (AvgIpc) is 2.53. The van der Waals surface area contributed by atoms with Gasteiger partial charge in [-0.05, 0) is 43.7 Å². The second-order valence-electron chi connectivity index (χ2n) is 5.78. The maximum Gasteiger partial charge on any atom is 0.393 e. The molecule has 7 heteroatoms. The number of piperidine rings is 1. The molecule has 0 bridgehead atoms. The number of β-amino-alcohol motifs (C(OH)–C–C–N with tert-alkyl or cyclic N) is 1. The first-order valence-electron chi connectivity index (χ1n) is 7.62. The predicted molar refractivity (Wildman–Crippen MR) is 79.7 cm³/mol. The van der Waals surface area contributed by atoms with Crippen LogP contribution in [0.15, 0.2) is 24.3 Å². The molecule has 4 nitrogen and oxygen atoms in total. The summed E-state index contributed by atoms with van der Waals surface area (Å²) in [7, 11) is 1.56. The summed E-state index contributed by atoms with van der Waals surface area (Å²) in [6.45, 7) is 0.748. The van der Waals surface area contributed by atoms with Gasteiger partial charge in [0.2, 0.25) is 0 Å². The number of alkyl halides is 3. The molecule has 0 unspecified atom stereocenters. The third-order valence-corrected chi connectivity index (χ3v) is 3.94. The van der Waals surface area contributed by atoms with Gasteiger partial charge in [0.05, 0.1) is 13.0 Å². The predicted octanol–water partition coefficient (Wildman–Crippen LogP) is 2.71. The molecule has 0 amide bonds. The monoisotopic (exact) mass is 333 g/mol. The Bertz CT molecular complexity index is 478. The van der Waals surface area contributed by atoms with E-state index in [1.54, 1.807) is 36.3 Å². The Morgan fingerprint density at radius 1 is 1.26 bits per heavy atom. The fourth-order valence-corrected chi connectivity index (χ4v) is 2.70. The van der Waals surface area contributed by atoms with E-state index in [2.05, 4.69) is 0 Å². The first-order valence-corrected chi connectivity index (χ1v) is 7.62. The standard InChI is InChI=1S/C16H22F3NO3/c1-22-14-4-6-15(7-5-14)23-11-13(21)10-20-8-2-3-12(9-20)16(17,18)19/h4-7,12-13,21H,2-3,8-11H2,1H3/t12-,13-/m1/s1. The zero-order chi connectivity index (χ0) is 16.9. The number of aliphatic hydroxyl groups excluding tert-OH is 1. The number of nitrogens with zero attached hydrogens (tertiary/aromatic N) is 1. The largest absolute Gasteiger partial charge is 0.497 e. The van der Waals surface area contributed by atoms with Crippen LogP contribution >= 0.6 is 0 Å². The number of aliphatic hydroxyl groups is 1. The molecule has 0 radical (unpaired) electrons. The van der Waals surface area contributed by atoms with E-state index in [4.69, 9.17) is 9.47 Å². The van der Waals surface area contributed by atoms with Gasteiger partial charge in [-0.3, -0.25) is 0 Å². The summed E-state index contributed by atoms with van der Waals surface area (Å²) in [4.78, 5) is 1.66. The van der Waals surface area contributed by atoms with Gasteiger partial charge in [0.1, 0.15) is 24.2 Å². The number of ether oxygens (including phenoxy) is 2. The molecule has 2 atom stereocenters. The Morgan fingerprint density at radius 2 is 1.91 bits per heavy atom. The molecule has 1 saturated heterocycles. The highest BCUT2D eigenvalue weighted by Gasteiger charge is 2.41. The van der Waals surface area contributed by atoms with Crippen molar-refractivity contribution in [3.05, 3.63) is 24.3 Å². The highest BCUT2D eigenvalue weighted by atomic mass is 19.4. The maximum absolute atomic E-state index is 12.8. The smallest absolute Gasteiger partial charge is 0.393 e. The second kappa shape index (κ2) is 7.88. The van der Waals surface area contributed by atoms with Crippen LogP contribution in [-0.2, 0) is 0 Å². The topological polar surface area (TPSA) is 41.9 Å². The molecule has 130 valence electrons. The molecule has 1 aromatic carbocycles. The van der Waals surface area contributed by atoms with Crippen LogP contribution in [0.4, 0.5) is 13.2 Å². The molecule has 0 aliphatic carbocycles. The molecule has 0 spiro atoms. The van der Waals surface area contributed by atoms with Crippen LogP contribution in [0, 0.1) is 5.92 Å². The lowest BCUT2D eigenvalue weighted by molar-refractivity contribution is -0.187. The Labute approximate surface area is 133 Å². The van der Waals surface area contributed by atoms with Crippen LogP contribution < -0.4 is 9.47 Å². The van der Waals surface area contributed by atoms with Gasteiger partial charge in [-0.25, -0.2) is 0 Å². The molecule has 1 aliphatic rings. The van der Waals surface area contributed by atoms with Gasteiger partial charge in [-0.1, -0.05) is 0 Å². The highest BCUT2D eigenvalue weighted by Crippen LogP contribution is 2.33. The fourth-order valence-electron chi connectivity index (χ4n) is 2.70. The van der Waals surface area contributed by atoms with Crippen LogP contribution in [0.2, 0.25) is 0 Å². The summed E-state index contributed by atoms with van der Waals surface area (Å²) in [5, 5.41) is 9.98. The molecule has 1 aliphatic heterocycles. The molecular weight excluding hydrogens is 311 g/mol. The summed E-state index contributed by atoms with van der Waals surface area (Å²) in [6, 6.07) is 6.90. The van der Waals surface area contributed by atoms with Crippen molar-refractivity contribution in [1.29, 1.82) is 0 Å². The third kappa shape index (κ3) is 5.58. The highest BCUT2D eigenvalue weighted by molar-refractivity contribution is 5.31. The molecule has 1 fully saturated rings. The van der Waals surface area contributed by atoms with Crippen molar-refractivity contribution in [2.45, 2.75) is 25.1 Å². The Kier molecular flexibility index (Phi) is 6.12. The van der Waals surface area contributed by atoms with Crippen LogP contribution in [0.5, 0.6) is 11.5 Å². The number of hydrogen-bond donors (Lipinski definition) is 1. The maximum atomic E-state index is 12.8. The molecule has 1 heterocycles. The summed E-state index contributed by atoms with van der Waals surface area (Å²) in [6.07, 6.45) is -4.33. The number of hydrogen-bond acceptors (Lipinski definition) is 4. The number of methoxy groups -OCH3 is 1. The van der Waals surface area contributed by atoms with Gasteiger partial charge in [0.25, 0.3) is 0 Å². The summed E-state index contributed by atoms with van der Waals surface area (Å²) < 4.78 is 48.8. The molecule has 1 aromatic rings. The van der Waals surface area contributed by atoms with Crippen LogP contribution in [0.3, 0.4) is 0 Å². The zero-order valence-electron chi connectivity index (χ0n) is 13.1. The van der Waals surface area contributed by atoms with Crippen molar-refractivity contribution < 1.29 is 27.8 Å². The lowest BCUT2D eigenvalue weighted by Gasteiger charge is -2.34. The number of halogens is 3. The van der Waals surface area contributed by atoms with Gasteiger partial charge >= 0.3 is 6.18 Å². The number of likely N-dealkylation sites (tertiary alicyclic amines) is 1. The minimum atomic E-state index is -4.16. The lowest BCUT2D eigenvalue weighted by Crippen LogP contribution is -2.45. The normalized spacial score (nSPS) is 21.0. The minimum absolute atomic E-state index is 0.0412. The van der Waals surface area contributed by atoms with E-state index in [9.17, 15) is 18.3 Å². The van der Waals surface area contributed by atoms with Crippen molar-refractivity contribution in [2.24, 2.45) is 5.92 Å². The number of benzene rings is 1. The van der Waals surface area contributed by atoms with Gasteiger partial charge in [-0.2, -0.15) is 13.2 Å². The fraction of sp³-hybridized carbons (Fsp3) is 0.625. The van der Waals surface area contributed by atoms with Gasteiger partial charge in [-0.15, -0.1) is 0 Å². The lowest BCUT2D eigenvalue weighted by atomic mass is 9.97. The van der Waals surface area contributed by atoms with Crippen molar-refractivity contribution in [1.82, 2.24) is 4.90 Å². The first-order chi connectivity index (χ1) is 10.9. The van der Waals surface area contributed by atoms with Gasteiger partial charge < -0.3 is 19.5 Å². The van der Waals surface area contributed by atoms with Crippen molar-refractivity contribution >= 4 is 0 Å². The van der Waals surface area contributed by atoms with Crippen LogP contribution in [0.25, 0.3) is 0 Å². The van der Waals surface area contributed by atoms with E-state index in [1.165, 1.54) is 0 Å². The average molecular weight is 333 g/mol. The summed E-state index contributed by atoms with van der Waals surface area (Å²) in [5.74, 6) is -0.0213. The zero-order valence-corrected chi connectivity index (χ0v) is 13.1. The van der Waals surface area contributed by atoms with E-state index >= 15 is 0 Å². The van der Waals surface area contributed by atoms with E-state index in [0.29, 0.717) is 24.5 Å². The molecule has 1 N–H and O–H groups in total. The molecule has 23 heavy (non-hydrogen) atoms. The molecule has 0 aromatic heterocycles. The quantitative estimate of drug-likeness (QED) is 0.869. The van der Waals surface area contributed by atoms with Crippen molar-refractivity contribution in [3.8, 4) is 11.5 Å². The SMILES string of the molecule is COc1ccc(OC[C@H](O)CN2CCC[C@@H](C(F)(F)F)C2)cc1. The van der Waals surface area contributed by atoms with E-state index < -0.39 is 18.2 Å². The second-order valence-corrected chi connectivity index (χ2v) is 5.78. The summed E-state index contributed by atoms with van der Waals surface area (Å²) in [5.41, 5.74) is 0. The van der Waals surface area contributed by atoms with E-state index in [1.807, 2.05) is 0 Å². The Balaban J connectivity index is 1.76. The molecular formula is C16H22F3NO3. The van der Waals surface area contributed by atoms with Crippen LogP contribution in [-0.4, -0.2) is 55.6 Å². The Hall–Kier alpha value is -1.47. The molecule has 2 rings (SSSR count). The van der Waals surface area contributed by atoms with Gasteiger partial charge in [0.15, 0.2) is 0 Å². The van der Waals surface area contributed by atoms with E-state index in [-0.39, 0.29) is 26.1 Å². The number of rotatable bonds is 6. The van der Waals surface area contributed by atoms with Gasteiger partial charge in [0, 0.05) is 13.1 Å². The minimum Gasteiger partial charge on any atom is -0.497 e. The molecule has 0 saturated carbocycles. The van der Waals surface area contributed by atoms with Crippen molar-refractivity contribution in [2.75, 3.05) is 33.4 Å². The first kappa shape index (κ1) is 17.9. The third-order valence-electron chi connectivity index (χ3n) is 3.94. The Morgan fingerprint density at radius 3 is 2.52 bits per heavy atom. The van der Waals surface area contributed by atoms with E-state index in [0.717, 1.165) is 0 Å². The van der Waals surface area contributed by atoms with Crippen LogP contribution in [0.1, 0.15) is 12.8 Å². The van der Waals surface area contributed by atoms with Crippen molar-refractivity contribution in [3.63, 3.8) is 0 Å².